The van der Waals surface area contributed by atoms with Gasteiger partial charge in [-0.2, -0.15) is 0 Å². The molecule has 0 saturated carbocycles. The summed E-state index contributed by atoms with van der Waals surface area (Å²) >= 11 is 6.04. The van der Waals surface area contributed by atoms with Crippen molar-refractivity contribution in [3.8, 4) is 5.75 Å². The van der Waals surface area contributed by atoms with Gasteiger partial charge in [-0.05, 0) is 51.8 Å². The van der Waals surface area contributed by atoms with Gasteiger partial charge in [-0.25, -0.2) is 14.4 Å². The summed E-state index contributed by atoms with van der Waals surface area (Å²) in [6.07, 6.45) is 5.58. The van der Waals surface area contributed by atoms with E-state index in [0.717, 1.165) is 25.7 Å². The summed E-state index contributed by atoms with van der Waals surface area (Å²) in [6.45, 7) is 2.30. The average molecular weight is 472 g/mol. The van der Waals surface area contributed by atoms with E-state index in [4.69, 9.17) is 22.1 Å². The minimum atomic E-state index is -0.428. The molecule has 1 amide bonds. The summed E-state index contributed by atoms with van der Waals surface area (Å²) in [5, 5.41) is 0.472. The van der Waals surface area contributed by atoms with Gasteiger partial charge < -0.3 is 20.3 Å². The van der Waals surface area contributed by atoms with Crippen LogP contribution in [-0.2, 0) is 0 Å². The van der Waals surface area contributed by atoms with E-state index in [9.17, 15) is 9.18 Å². The minimum Gasteiger partial charge on any atom is -0.489 e. The Hall–Kier alpha value is -2.71. The van der Waals surface area contributed by atoms with E-state index in [-0.39, 0.29) is 25.1 Å². The minimum absolute atomic E-state index is 0.0326. The largest absolute Gasteiger partial charge is 0.489 e. The number of amides is 1. The number of aryl methyl sites for hydroxylation is 1. The number of nitrogens with two attached hydrogens (primary N) is 1. The zero-order valence-corrected chi connectivity index (χ0v) is 19.5. The summed E-state index contributed by atoms with van der Waals surface area (Å²) in [5.74, 6) is 0.0633. The Morgan fingerprint density at radius 3 is 2.67 bits per heavy atom. The SMILES string of the molecule is Cc1nc(C2=C(N)CN(C(=O)c3ccc(F)cc3OC3C[C@H]4CC[C@@H](C3)N4C)C2)ncc1Cl. The lowest BCUT2D eigenvalue weighted by Gasteiger charge is -2.36. The Morgan fingerprint density at radius 2 is 1.97 bits per heavy atom. The number of halogens is 2. The second kappa shape index (κ2) is 8.57. The quantitative estimate of drug-likeness (QED) is 0.735. The zero-order valence-electron chi connectivity index (χ0n) is 18.7. The predicted molar refractivity (Wildman–Crippen MR) is 123 cm³/mol. The van der Waals surface area contributed by atoms with Crippen LogP contribution >= 0.6 is 11.6 Å². The molecule has 3 atom stereocenters. The fourth-order valence-corrected chi connectivity index (χ4v) is 5.27. The normalized spacial score (nSPS) is 25.1. The van der Waals surface area contributed by atoms with Crippen LogP contribution in [0.5, 0.6) is 5.75 Å². The number of fused-ring (bicyclic) bond motifs is 2. The molecule has 1 aromatic carbocycles. The zero-order chi connectivity index (χ0) is 23.3. The molecule has 4 heterocycles. The molecule has 7 nitrogen and oxygen atoms in total. The summed E-state index contributed by atoms with van der Waals surface area (Å²) < 4.78 is 20.4. The Balaban J connectivity index is 1.35. The second-order valence-corrected chi connectivity index (χ2v) is 9.60. The molecule has 1 aromatic heterocycles. The highest BCUT2D eigenvalue weighted by molar-refractivity contribution is 6.31. The lowest BCUT2D eigenvalue weighted by atomic mass is 10.0. The number of carbonyl (C=O) groups is 1. The van der Waals surface area contributed by atoms with Crippen LogP contribution in [0, 0.1) is 12.7 Å². The first kappa shape index (κ1) is 22.1. The molecule has 2 saturated heterocycles. The van der Waals surface area contributed by atoms with Gasteiger partial charge in [-0.1, -0.05) is 11.6 Å². The molecular formula is C24H27ClFN5O2. The van der Waals surface area contributed by atoms with Crippen LogP contribution in [0.1, 0.15) is 47.6 Å². The number of ether oxygens (including phenoxy) is 1. The van der Waals surface area contributed by atoms with E-state index in [1.807, 2.05) is 0 Å². The van der Waals surface area contributed by atoms with E-state index >= 15 is 0 Å². The third-order valence-corrected chi connectivity index (χ3v) is 7.47. The molecule has 3 aliphatic heterocycles. The van der Waals surface area contributed by atoms with Crippen LogP contribution in [0.2, 0.25) is 5.02 Å². The molecule has 3 aliphatic rings. The molecule has 0 aliphatic carbocycles. The molecule has 5 rings (SSSR count). The highest BCUT2D eigenvalue weighted by Gasteiger charge is 2.40. The molecule has 9 heteroatoms. The van der Waals surface area contributed by atoms with Gasteiger partial charge in [-0.3, -0.25) is 4.79 Å². The summed E-state index contributed by atoms with van der Waals surface area (Å²) in [7, 11) is 2.16. The van der Waals surface area contributed by atoms with Crippen LogP contribution in [0.15, 0.2) is 30.1 Å². The van der Waals surface area contributed by atoms with E-state index in [0.29, 0.717) is 51.2 Å². The van der Waals surface area contributed by atoms with Crippen molar-refractivity contribution in [2.24, 2.45) is 5.73 Å². The molecule has 2 bridgehead atoms. The Morgan fingerprint density at radius 1 is 1.24 bits per heavy atom. The third-order valence-electron chi connectivity index (χ3n) is 7.10. The third kappa shape index (κ3) is 4.17. The molecule has 2 N–H and O–H groups in total. The molecule has 174 valence electrons. The van der Waals surface area contributed by atoms with Crippen molar-refractivity contribution in [3.63, 3.8) is 0 Å². The number of carbonyl (C=O) groups excluding carboxylic acids is 1. The number of nitrogens with zero attached hydrogens (tertiary/aromatic N) is 4. The number of benzene rings is 1. The number of aromatic nitrogens is 2. The smallest absolute Gasteiger partial charge is 0.258 e. The van der Waals surface area contributed by atoms with Crippen LogP contribution in [0.3, 0.4) is 0 Å². The van der Waals surface area contributed by atoms with Gasteiger partial charge in [0.05, 0.1) is 29.4 Å². The van der Waals surface area contributed by atoms with Crippen molar-refractivity contribution >= 4 is 23.1 Å². The number of hydrogen-bond donors (Lipinski definition) is 1. The summed E-state index contributed by atoms with van der Waals surface area (Å²) in [4.78, 5) is 26.1. The number of hydrogen-bond acceptors (Lipinski definition) is 6. The van der Waals surface area contributed by atoms with E-state index < -0.39 is 5.82 Å². The van der Waals surface area contributed by atoms with Gasteiger partial charge >= 0.3 is 0 Å². The number of rotatable bonds is 4. The number of piperidine rings is 1. The topological polar surface area (TPSA) is 84.6 Å². The van der Waals surface area contributed by atoms with E-state index in [1.165, 1.54) is 24.4 Å². The maximum Gasteiger partial charge on any atom is 0.258 e. The van der Waals surface area contributed by atoms with Crippen LogP contribution < -0.4 is 10.5 Å². The van der Waals surface area contributed by atoms with Crippen molar-refractivity contribution in [2.45, 2.75) is 50.8 Å². The van der Waals surface area contributed by atoms with Crippen LogP contribution in [-0.4, -0.2) is 64.0 Å². The maximum absolute atomic E-state index is 14.1. The first-order valence-electron chi connectivity index (χ1n) is 11.2. The molecule has 2 aromatic rings. The van der Waals surface area contributed by atoms with Gasteiger partial charge in [-0.15, -0.1) is 0 Å². The van der Waals surface area contributed by atoms with Gasteiger partial charge in [0.1, 0.15) is 17.7 Å². The Bertz CT molecular complexity index is 1130. The standard InChI is InChI=1S/C24H27ClFN5O2/c1-13-20(25)10-28-23(29-13)19-11-31(12-21(19)27)24(32)18-6-3-14(26)7-22(18)33-17-8-15-4-5-16(9-17)30(15)2/h3,6-7,10,15-17H,4-5,8-9,11-12,27H2,1-2H3/t15-,16+,17?. The van der Waals surface area contributed by atoms with Crippen molar-refractivity contribution < 1.29 is 13.9 Å². The van der Waals surface area contributed by atoms with Gasteiger partial charge in [0.15, 0.2) is 5.82 Å². The maximum atomic E-state index is 14.1. The lowest BCUT2D eigenvalue weighted by molar-refractivity contribution is 0.0632. The van der Waals surface area contributed by atoms with E-state index in [2.05, 4.69) is 21.9 Å². The molecule has 0 radical (unpaired) electrons. The molecule has 0 spiro atoms. The monoisotopic (exact) mass is 471 g/mol. The second-order valence-electron chi connectivity index (χ2n) is 9.19. The summed E-state index contributed by atoms with van der Waals surface area (Å²) in [6, 6.07) is 5.06. The fourth-order valence-electron chi connectivity index (χ4n) is 5.18. The van der Waals surface area contributed by atoms with Gasteiger partial charge in [0.2, 0.25) is 0 Å². The molecule has 33 heavy (non-hydrogen) atoms. The van der Waals surface area contributed by atoms with Crippen LogP contribution in [0.25, 0.3) is 5.57 Å². The van der Waals surface area contributed by atoms with Crippen molar-refractivity contribution in [1.82, 2.24) is 19.8 Å². The van der Waals surface area contributed by atoms with Crippen molar-refractivity contribution in [3.05, 3.63) is 58.0 Å². The lowest BCUT2D eigenvalue weighted by Crippen LogP contribution is -2.44. The Labute approximate surface area is 197 Å². The van der Waals surface area contributed by atoms with Gasteiger partial charge in [0.25, 0.3) is 5.91 Å². The van der Waals surface area contributed by atoms with Crippen LogP contribution in [0.4, 0.5) is 4.39 Å². The van der Waals surface area contributed by atoms with Crippen molar-refractivity contribution in [1.29, 1.82) is 0 Å². The average Bonchev–Trinajstić information content (AvgIpc) is 3.24. The predicted octanol–water partition coefficient (Wildman–Crippen LogP) is 3.41. The first-order chi connectivity index (χ1) is 15.8. The highest BCUT2D eigenvalue weighted by atomic mass is 35.5. The summed E-state index contributed by atoms with van der Waals surface area (Å²) in [5.41, 5.74) is 8.45. The molecular weight excluding hydrogens is 445 g/mol. The molecule has 1 unspecified atom stereocenters. The molecule has 2 fully saturated rings. The Kier molecular flexibility index (Phi) is 5.74. The van der Waals surface area contributed by atoms with E-state index in [1.54, 1.807) is 11.8 Å². The highest BCUT2D eigenvalue weighted by Crippen LogP contribution is 2.37. The van der Waals surface area contributed by atoms with Gasteiger partial charge in [0, 0.05) is 35.6 Å². The first-order valence-corrected chi connectivity index (χ1v) is 11.6. The fraction of sp³-hybridized carbons (Fsp3) is 0.458. The van der Waals surface area contributed by atoms with Crippen molar-refractivity contribution in [2.75, 3.05) is 20.1 Å².